The van der Waals surface area contributed by atoms with E-state index in [0.29, 0.717) is 38.4 Å². The zero-order valence-corrected chi connectivity index (χ0v) is 13.0. The number of hydrogen-bond acceptors (Lipinski definition) is 3. The van der Waals surface area contributed by atoms with Crippen LogP contribution >= 0.6 is 0 Å². The Morgan fingerprint density at radius 2 is 1.90 bits per heavy atom. The number of carboxylic acid groups (broad SMARTS) is 1. The number of nitrogens with zero attached hydrogens (tertiary/aromatic N) is 2. The van der Waals surface area contributed by atoms with E-state index in [1.807, 2.05) is 0 Å². The van der Waals surface area contributed by atoms with E-state index in [4.69, 9.17) is 5.11 Å². The van der Waals surface area contributed by atoms with Gasteiger partial charge in [-0.05, 0) is 38.5 Å². The van der Waals surface area contributed by atoms with Crippen LogP contribution in [0.3, 0.4) is 0 Å². The maximum atomic E-state index is 12.7. The lowest BCUT2D eigenvalue weighted by Gasteiger charge is -2.40. The van der Waals surface area contributed by atoms with Gasteiger partial charge in [0.15, 0.2) is 0 Å². The van der Waals surface area contributed by atoms with Crippen LogP contribution < -0.4 is 0 Å². The third-order valence-electron chi connectivity index (χ3n) is 4.41. The molecule has 0 spiro atoms. The standard InChI is InChI=1S/C13H24N2O4S/c1-10-4-3-6-14(9-10)20(18,19)15-7-5-12(13(16)17)8-11(15)2/h10-12H,3-9H2,1-2H3,(H,16,17). The van der Waals surface area contributed by atoms with Crippen molar-refractivity contribution in [3.63, 3.8) is 0 Å². The summed E-state index contributed by atoms with van der Waals surface area (Å²) in [6.07, 6.45) is 2.78. The number of aliphatic carboxylic acids is 1. The predicted octanol–water partition coefficient (Wildman–Crippen LogP) is 1.15. The average Bonchev–Trinajstić information content (AvgIpc) is 2.38. The molecule has 2 fully saturated rings. The van der Waals surface area contributed by atoms with Gasteiger partial charge in [-0.3, -0.25) is 4.79 Å². The summed E-state index contributed by atoms with van der Waals surface area (Å²) < 4.78 is 28.4. The first kappa shape index (κ1) is 15.7. The van der Waals surface area contributed by atoms with Gasteiger partial charge in [0.2, 0.25) is 0 Å². The van der Waals surface area contributed by atoms with Gasteiger partial charge in [0.1, 0.15) is 0 Å². The van der Waals surface area contributed by atoms with Gasteiger partial charge >= 0.3 is 5.97 Å². The summed E-state index contributed by atoms with van der Waals surface area (Å²) in [4.78, 5) is 11.0. The van der Waals surface area contributed by atoms with Gasteiger partial charge in [0.05, 0.1) is 5.92 Å². The number of rotatable bonds is 3. The number of carbonyl (C=O) groups is 1. The Hall–Kier alpha value is -0.660. The summed E-state index contributed by atoms with van der Waals surface area (Å²) in [5, 5.41) is 9.05. The van der Waals surface area contributed by atoms with Crippen LogP contribution in [0.15, 0.2) is 0 Å². The molecule has 0 saturated carbocycles. The largest absolute Gasteiger partial charge is 0.481 e. The highest BCUT2D eigenvalue weighted by molar-refractivity contribution is 7.86. The van der Waals surface area contributed by atoms with Crippen molar-refractivity contribution < 1.29 is 18.3 Å². The number of carboxylic acids is 1. The van der Waals surface area contributed by atoms with E-state index in [1.54, 1.807) is 11.2 Å². The molecule has 0 aliphatic carbocycles. The maximum Gasteiger partial charge on any atom is 0.306 e. The Labute approximate surface area is 120 Å². The predicted molar refractivity (Wildman–Crippen MR) is 75.4 cm³/mol. The van der Waals surface area contributed by atoms with Crippen LogP contribution in [-0.4, -0.2) is 53.8 Å². The first-order chi connectivity index (χ1) is 9.32. The zero-order chi connectivity index (χ0) is 14.9. The molecule has 2 rings (SSSR count). The van der Waals surface area contributed by atoms with E-state index in [9.17, 15) is 13.2 Å². The zero-order valence-electron chi connectivity index (χ0n) is 12.2. The molecule has 0 aromatic rings. The van der Waals surface area contributed by atoms with Crippen molar-refractivity contribution in [3.05, 3.63) is 0 Å². The molecule has 116 valence electrons. The lowest BCUT2D eigenvalue weighted by Crippen LogP contribution is -2.53. The average molecular weight is 304 g/mol. The molecular formula is C13H24N2O4S. The van der Waals surface area contributed by atoms with Crippen LogP contribution in [0, 0.1) is 11.8 Å². The SMILES string of the molecule is CC1CCCN(S(=O)(=O)N2CCC(C(=O)O)CC2C)C1. The van der Waals surface area contributed by atoms with Crippen LogP contribution in [0.5, 0.6) is 0 Å². The topological polar surface area (TPSA) is 77.9 Å². The molecular weight excluding hydrogens is 280 g/mol. The number of hydrogen-bond donors (Lipinski definition) is 1. The van der Waals surface area contributed by atoms with E-state index in [2.05, 4.69) is 6.92 Å². The molecule has 0 aromatic heterocycles. The second-order valence-electron chi connectivity index (χ2n) is 6.13. The molecule has 0 aromatic carbocycles. The smallest absolute Gasteiger partial charge is 0.306 e. The minimum atomic E-state index is -3.44. The Morgan fingerprint density at radius 1 is 1.20 bits per heavy atom. The molecule has 7 heteroatoms. The first-order valence-corrected chi connectivity index (χ1v) is 8.71. The molecule has 0 bridgehead atoms. The van der Waals surface area contributed by atoms with Gasteiger partial charge in [-0.2, -0.15) is 17.0 Å². The summed E-state index contributed by atoms with van der Waals surface area (Å²) in [5.74, 6) is -0.845. The van der Waals surface area contributed by atoms with Crippen LogP contribution in [0.2, 0.25) is 0 Å². The van der Waals surface area contributed by atoms with Crippen molar-refractivity contribution in [2.45, 2.75) is 45.6 Å². The summed E-state index contributed by atoms with van der Waals surface area (Å²) in [6.45, 7) is 5.35. The third-order valence-corrected chi connectivity index (χ3v) is 6.53. The monoisotopic (exact) mass is 304 g/mol. The molecule has 0 radical (unpaired) electrons. The van der Waals surface area contributed by atoms with Crippen LogP contribution in [0.25, 0.3) is 0 Å². The van der Waals surface area contributed by atoms with Crippen molar-refractivity contribution in [2.75, 3.05) is 19.6 Å². The normalized spacial score (nSPS) is 34.0. The molecule has 3 atom stereocenters. The fourth-order valence-electron chi connectivity index (χ4n) is 3.22. The summed E-state index contributed by atoms with van der Waals surface area (Å²) in [6, 6.07) is -0.243. The number of piperidine rings is 2. The van der Waals surface area contributed by atoms with E-state index < -0.39 is 22.1 Å². The molecule has 3 unspecified atom stereocenters. The highest BCUT2D eigenvalue weighted by atomic mass is 32.2. The molecule has 0 amide bonds. The highest BCUT2D eigenvalue weighted by Gasteiger charge is 2.39. The van der Waals surface area contributed by atoms with Crippen LogP contribution in [0.1, 0.15) is 39.5 Å². The first-order valence-electron chi connectivity index (χ1n) is 7.32. The molecule has 6 nitrogen and oxygen atoms in total. The second-order valence-corrected chi connectivity index (χ2v) is 8.01. The van der Waals surface area contributed by atoms with Gasteiger partial charge < -0.3 is 5.11 Å². The van der Waals surface area contributed by atoms with Gasteiger partial charge in [-0.15, -0.1) is 0 Å². The highest BCUT2D eigenvalue weighted by Crippen LogP contribution is 2.28. The third kappa shape index (κ3) is 3.15. The van der Waals surface area contributed by atoms with Crippen molar-refractivity contribution in [2.24, 2.45) is 11.8 Å². The van der Waals surface area contributed by atoms with Gasteiger partial charge in [-0.1, -0.05) is 6.92 Å². The molecule has 2 aliphatic rings. The molecule has 20 heavy (non-hydrogen) atoms. The Balaban J connectivity index is 2.08. The van der Waals surface area contributed by atoms with Crippen molar-refractivity contribution in [1.29, 1.82) is 0 Å². The van der Waals surface area contributed by atoms with Crippen molar-refractivity contribution in [3.8, 4) is 0 Å². The molecule has 2 saturated heterocycles. The van der Waals surface area contributed by atoms with E-state index >= 15 is 0 Å². The van der Waals surface area contributed by atoms with Gasteiger partial charge in [-0.25, -0.2) is 0 Å². The van der Waals surface area contributed by atoms with E-state index in [0.717, 1.165) is 12.8 Å². The Kier molecular flexibility index (Phi) is 4.71. The van der Waals surface area contributed by atoms with E-state index in [-0.39, 0.29) is 6.04 Å². The maximum absolute atomic E-state index is 12.7. The second kappa shape index (κ2) is 5.99. The van der Waals surface area contributed by atoms with Gasteiger partial charge in [0.25, 0.3) is 10.2 Å². The molecule has 1 N–H and O–H groups in total. The summed E-state index contributed by atoms with van der Waals surface area (Å²) in [5.41, 5.74) is 0. The van der Waals surface area contributed by atoms with E-state index in [1.165, 1.54) is 4.31 Å². The molecule has 2 aliphatic heterocycles. The summed E-state index contributed by atoms with van der Waals surface area (Å²) in [7, 11) is -3.44. The quantitative estimate of drug-likeness (QED) is 0.848. The minimum absolute atomic E-state index is 0.243. The lowest BCUT2D eigenvalue weighted by molar-refractivity contribution is -0.143. The summed E-state index contributed by atoms with van der Waals surface area (Å²) >= 11 is 0. The minimum Gasteiger partial charge on any atom is -0.481 e. The fraction of sp³-hybridized carbons (Fsp3) is 0.923. The molecule has 2 heterocycles. The van der Waals surface area contributed by atoms with Crippen molar-refractivity contribution >= 4 is 16.2 Å². The Bertz CT molecular complexity index is 465. The van der Waals surface area contributed by atoms with Crippen molar-refractivity contribution in [1.82, 2.24) is 8.61 Å². The Morgan fingerprint density at radius 3 is 2.45 bits per heavy atom. The van der Waals surface area contributed by atoms with Gasteiger partial charge in [0, 0.05) is 25.7 Å². The lowest BCUT2D eigenvalue weighted by atomic mass is 9.93. The fourth-order valence-corrected chi connectivity index (χ4v) is 5.20. The van der Waals surface area contributed by atoms with Crippen LogP contribution in [0.4, 0.5) is 0 Å². The van der Waals surface area contributed by atoms with Crippen LogP contribution in [-0.2, 0) is 15.0 Å².